The van der Waals surface area contributed by atoms with Crippen LogP contribution in [0.25, 0.3) is 0 Å². The first kappa shape index (κ1) is 16.6. The van der Waals surface area contributed by atoms with Gasteiger partial charge in [0.25, 0.3) is 0 Å². The van der Waals surface area contributed by atoms with Gasteiger partial charge in [-0.3, -0.25) is 4.99 Å². The molecule has 2 rings (SSSR count). The van der Waals surface area contributed by atoms with Crippen LogP contribution in [0.1, 0.15) is 32.6 Å². The normalized spacial score (nSPS) is 21.5. The van der Waals surface area contributed by atoms with E-state index < -0.39 is 0 Å². The Morgan fingerprint density at radius 1 is 1.05 bits per heavy atom. The van der Waals surface area contributed by atoms with Gasteiger partial charge < -0.3 is 20.4 Å². The van der Waals surface area contributed by atoms with E-state index in [0.717, 1.165) is 25.0 Å². The number of rotatable bonds is 8. The Labute approximate surface area is 130 Å². The first-order valence-electron chi connectivity index (χ1n) is 8.71. The highest BCUT2D eigenvalue weighted by atomic mass is 15.3. The summed E-state index contributed by atoms with van der Waals surface area (Å²) in [6.45, 7) is 11.8. The second-order valence-electron chi connectivity index (χ2n) is 6.31. The molecule has 1 saturated carbocycles. The van der Waals surface area contributed by atoms with Crippen molar-refractivity contribution in [2.24, 2.45) is 10.9 Å². The summed E-state index contributed by atoms with van der Waals surface area (Å²) >= 11 is 0. The van der Waals surface area contributed by atoms with Gasteiger partial charge in [0.1, 0.15) is 0 Å². The lowest BCUT2D eigenvalue weighted by Gasteiger charge is -2.34. The fourth-order valence-electron chi connectivity index (χ4n) is 2.78. The highest BCUT2D eigenvalue weighted by Gasteiger charge is 2.21. The second kappa shape index (κ2) is 9.26. The Balaban J connectivity index is 1.45. The van der Waals surface area contributed by atoms with Gasteiger partial charge in [-0.2, -0.15) is 0 Å². The Morgan fingerprint density at radius 2 is 1.76 bits per heavy atom. The number of aliphatic imine (C=N–C) groups is 1. The fraction of sp³-hybridized carbons (Fsp3) is 0.938. The number of piperazine rings is 1. The van der Waals surface area contributed by atoms with E-state index in [9.17, 15) is 0 Å². The number of hydrogen-bond acceptors (Lipinski definition) is 3. The SMILES string of the molecule is CCN1CCN(CCCCNC(=NC)NCC2CC2)CC1. The molecule has 1 aliphatic carbocycles. The lowest BCUT2D eigenvalue weighted by atomic mass is 10.2. The molecule has 0 unspecified atom stereocenters. The largest absolute Gasteiger partial charge is 0.356 e. The van der Waals surface area contributed by atoms with Crippen LogP contribution in [0.2, 0.25) is 0 Å². The maximum Gasteiger partial charge on any atom is 0.190 e. The van der Waals surface area contributed by atoms with E-state index in [-0.39, 0.29) is 0 Å². The summed E-state index contributed by atoms with van der Waals surface area (Å²) in [5, 5.41) is 6.82. The summed E-state index contributed by atoms with van der Waals surface area (Å²) in [5.41, 5.74) is 0. The van der Waals surface area contributed by atoms with Crippen LogP contribution in [0, 0.1) is 5.92 Å². The average Bonchev–Trinajstić information content (AvgIpc) is 3.35. The van der Waals surface area contributed by atoms with Gasteiger partial charge in [-0.1, -0.05) is 6.92 Å². The molecule has 0 radical (unpaired) electrons. The zero-order valence-corrected chi connectivity index (χ0v) is 13.9. The van der Waals surface area contributed by atoms with Crippen LogP contribution < -0.4 is 10.6 Å². The zero-order chi connectivity index (χ0) is 14.9. The Morgan fingerprint density at radius 3 is 2.38 bits per heavy atom. The third-order valence-corrected chi connectivity index (χ3v) is 4.58. The molecule has 1 heterocycles. The molecule has 0 bridgehead atoms. The molecule has 5 nitrogen and oxygen atoms in total. The molecule has 0 amide bonds. The van der Waals surface area contributed by atoms with E-state index in [4.69, 9.17) is 0 Å². The summed E-state index contributed by atoms with van der Waals surface area (Å²) in [6.07, 6.45) is 5.27. The van der Waals surface area contributed by atoms with Gasteiger partial charge in [-0.15, -0.1) is 0 Å². The smallest absolute Gasteiger partial charge is 0.190 e. The van der Waals surface area contributed by atoms with E-state index in [1.54, 1.807) is 0 Å². The average molecular weight is 295 g/mol. The molecule has 0 aromatic carbocycles. The summed E-state index contributed by atoms with van der Waals surface area (Å²) in [6, 6.07) is 0. The molecule has 5 heteroatoms. The first-order valence-corrected chi connectivity index (χ1v) is 8.71. The van der Waals surface area contributed by atoms with Crippen molar-refractivity contribution < 1.29 is 0 Å². The predicted molar refractivity (Wildman–Crippen MR) is 89.9 cm³/mol. The molecule has 0 spiro atoms. The third kappa shape index (κ3) is 6.66. The maximum atomic E-state index is 4.27. The Hall–Kier alpha value is -0.810. The van der Waals surface area contributed by atoms with Gasteiger partial charge >= 0.3 is 0 Å². The zero-order valence-electron chi connectivity index (χ0n) is 13.9. The second-order valence-corrected chi connectivity index (χ2v) is 6.31. The minimum Gasteiger partial charge on any atom is -0.356 e. The summed E-state index contributed by atoms with van der Waals surface area (Å²) in [7, 11) is 1.86. The van der Waals surface area contributed by atoms with Gasteiger partial charge in [-0.25, -0.2) is 0 Å². The molecule has 0 atom stereocenters. The number of nitrogens with one attached hydrogen (secondary N) is 2. The number of guanidine groups is 1. The molecule has 1 aliphatic heterocycles. The molecule has 2 N–H and O–H groups in total. The lowest BCUT2D eigenvalue weighted by molar-refractivity contribution is 0.136. The summed E-state index contributed by atoms with van der Waals surface area (Å²) in [4.78, 5) is 9.41. The van der Waals surface area contributed by atoms with Crippen LogP contribution in [0.5, 0.6) is 0 Å². The van der Waals surface area contributed by atoms with Crippen LogP contribution >= 0.6 is 0 Å². The highest BCUT2D eigenvalue weighted by Crippen LogP contribution is 2.27. The van der Waals surface area contributed by atoms with E-state index in [1.165, 1.54) is 65.0 Å². The van der Waals surface area contributed by atoms with Crippen LogP contribution in [0.15, 0.2) is 4.99 Å². The Bertz CT molecular complexity index is 306. The standard InChI is InChI=1S/C16H33N5/c1-3-20-10-12-21(13-11-20)9-5-4-8-18-16(17-2)19-14-15-6-7-15/h15H,3-14H2,1-2H3,(H2,17,18,19). The van der Waals surface area contributed by atoms with E-state index in [1.807, 2.05) is 7.05 Å². The van der Waals surface area contributed by atoms with Crippen molar-refractivity contribution in [1.82, 2.24) is 20.4 Å². The van der Waals surface area contributed by atoms with Gasteiger partial charge in [0.05, 0.1) is 0 Å². The van der Waals surface area contributed by atoms with Crippen molar-refractivity contribution in [2.45, 2.75) is 32.6 Å². The number of likely N-dealkylation sites (N-methyl/N-ethyl adjacent to an activating group) is 1. The molecule has 0 aromatic heterocycles. The van der Waals surface area contributed by atoms with Gasteiger partial charge in [-0.05, 0) is 44.7 Å². The van der Waals surface area contributed by atoms with E-state index >= 15 is 0 Å². The molecule has 0 aromatic rings. The Kier molecular flexibility index (Phi) is 7.30. The van der Waals surface area contributed by atoms with Crippen molar-refractivity contribution >= 4 is 5.96 Å². The van der Waals surface area contributed by atoms with Crippen molar-refractivity contribution in [3.05, 3.63) is 0 Å². The van der Waals surface area contributed by atoms with Crippen molar-refractivity contribution in [3.8, 4) is 0 Å². The third-order valence-electron chi connectivity index (χ3n) is 4.58. The monoisotopic (exact) mass is 295 g/mol. The molecule has 2 aliphatic rings. The molecular weight excluding hydrogens is 262 g/mol. The fourth-order valence-corrected chi connectivity index (χ4v) is 2.78. The number of unbranched alkanes of at least 4 members (excludes halogenated alkanes) is 1. The molecule has 2 fully saturated rings. The minimum absolute atomic E-state index is 0.894. The molecule has 1 saturated heterocycles. The van der Waals surface area contributed by atoms with Crippen molar-refractivity contribution in [2.75, 3.05) is 59.4 Å². The quantitative estimate of drug-likeness (QED) is 0.398. The lowest BCUT2D eigenvalue weighted by Crippen LogP contribution is -2.46. The van der Waals surface area contributed by atoms with Crippen molar-refractivity contribution in [3.63, 3.8) is 0 Å². The van der Waals surface area contributed by atoms with E-state index in [2.05, 4.69) is 32.3 Å². The van der Waals surface area contributed by atoms with E-state index in [0.29, 0.717) is 0 Å². The summed E-state index contributed by atoms with van der Waals surface area (Å²) in [5.74, 6) is 1.86. The van der Waals surface area contributed by atoms with Crippen LogP contribution in [-0.2, 0) is 0 Å². The maximum absolute atomic E-state index is 4.27. The molecular formula is C16H33N5. The number of hydrogen-bond donors (Lipinski definition) is 2. The highest BCUT2D eigenvalue weighted by molar-refractivity contribution is 5.79. The van der Waals surface area contributed by atoms with Crippen molar-refractivity contribution in [1.29, 1.82) is 0 Å². The van der Waals surface area contributed by atoms with Gasteiger partial charge in [0, 0.05) is 46.3 Å². The minimum atomic E-state index is 0.894. The summed E-state index contributed by atoms with van der Waals surface area (Å²) < 4.78 is 0. The van der Waals surface area contributed by atoms with Crippen LogP contribution in [0.3, 0.4) is 0 Å². The van der Waals surface area contributed by atoms with Gasteiger partial charge in [0.2, 0.25) is 0 Å². The predicted octanol–water partition coefficient (Wildman–Crippen LogP) is 0.979. The topological polar surface area (TPSA) is 42.9 Å². The first-order chi connectivity index (χ1) is 10.3. The van der Waals surface area contributed by atoms with Gasteiger partial charge in [0.15, 0.2) is 5.96 Å². The van der Waals surface area contributed by atoms with Crippen LogP contribution in [0.4, 0.5) is 0 Å². The molecule has 21 heavy (non-hydrogen) atoms. The molecule has 122 valence electrons. The number of nitrogens with zero attached hydrogens (tertiary/aromatic N) is 3. The van der Waals surface area contributed by atoms with Crippen LogP contribution in [-0.4, -0.2) is 75.2 Å².